The lowest BCUT2D eigenvalue weighted by atomic mass is 9.72. The zero-order chi connectivity index (χ0) is 16.3. The van der Waals surface area contributed by atoms with Crippen LogP contribution in [-0.2, 0) is 11.8 Å². The van der Waals surface area contributed by atoms with Gasteiger partial charge in [0.05, 0.1) is 18.1 Å². The summed E-state index contributed by atoms with van der Waals surface area (Å²) in [5.41, 5.74) is 3.24. The fraction of sp³-hybridized carbons (Fsp3) is 0.158. The van der Waals surface area contributed by atoms with Crippen molar-refractivity contribution in [1.82, 2.24) is 9.97 Å². The third-order valence-corrected chi connectivity index (χ3v) is 4.60. The molecule has 1 N–H and O–H groups in total. The first-order valence-corrected chi connectivity index (χ1v) is 8.15. The van der Waals surface area contributed by atoms with Crippen LogP contribution < -0.4 is 0 Å². The van der Waals surface area contributed by atoms with E-state index in [1.807, 2.05) is 61.7 Å². The highest BCUT2D eigenvalue weighted by atomic mass is 79.9. The van der Waals surface area contributed by atoms with E-state index in [1.165, 1.54) is 5.56 Å². The van der Waals surface area contributed by atoms with E-state index in [0.29, 0.717) is 6.42 Å². The van der Waals surface area contributed by atoms with E-state index in [9.17, 15) is 5.26 Å². The molecule has 0 amide bonds. The standard InChI is InChI=1S/C19H16BrN3/c1-14-2-4-15(5-3-14)19(12-21,10-18-11-22-13-23-18)16-6-8-17(20)9-7-16/h2-9,11,13H,10H2,1H3,(H,22,23). The number of nitriles is 1. The minimum absolute atomic E-state index is 0.525. The predicted octanol–water partition coefficient (Wildman–Crippen LogP) is 4.53. The fourth-order valence-corrected chi connectivity index (χ4v) is 3.04. The number of rotatable bonds is 4. The first-order chi connectivity index (χ1) is 11.1. The maximum absolute atomic E-state index is 10.1. The summed E-state index contributed by atoms with van der Waals surface area (Å²) < 4.78 is 0.997. The van der Waals surface area contributed by atoms with Crippen molar-refractivity contribution in [2.24, 2.45) is 0 Å². The van der Waals surface area contributed by atoms with E-state index < -0.39 is 5.41 Å². The normalized spacial score (nSPS) is 13.3. The zero-order valence-corrected chi connectivity index (χ0v) is 14.3. The molecule has 1 atom stereocenters. The van der Waals surface area contributed by atoms with Crippen molar-refractivity contribution in [2.45, 2.75) is 18.8 Å². The SMILES string of the molecule is Cc1ccc(C(C#N)(Cc2c[nH]cn2)c2ccc(Br)cc2)cc1. The summed E-state index contributed by atoms with van der Waals surface area (Å²) in [5, 5.41) is 10.1. The van der Waals surface area contributed by atoms with Gasteiger partial charge in [0, 0.05) is 17.1 Å². The minimum Gasteiger partial charge on any atom is -0.351 e. The van der Waals surface area contributed by atoms with Gasteiger partial charge in [-0.05, 0) is 30.2 Å². The van der Waals surface area contributed by atoms with Gasteiger partial charge in [-0.25, -0.2) is 4.98 Å². The largest absolute Gasteiger partial charge is 0.351 e. The molecule has 0 fully saturated rings. The molecule has 0 saturated carbocycles. The van der Waals surface area contributed by atoms with Gasteiger partial charge in [-0.15, -0.1) is 0 Å². The van der Waals surface area contributed by atoms with Crippen LogP contribution >= 0.6 is 15.9 Å². The van der Waals surface area contributed by atoms with Gasteiger partial charge in [-0.3, -0.25) is 0 Å². The number of H-pyrrole nitrogens is 1. The molecule has 3 nitrogen and oxygen atoms in total. The molecule has 0 aliphatic heterocycles. The lowest BCUT2D eigenvalue weighted by Gasteiger charge is -2.27. The summed E-state index contributed by atoms with van der Waals surface area (Å²) in [6, 6.07) is 18.7. The fourth-order valence-electron chi connectivity index (χ4n) is 2.77. The van der Waals surface area contributed by atoms with Crippen LogP contribution in [0.25, 0.3) is 0 Å². The van der Waals surface area contributed by atoms with Gasteiger partial charge in [0.1, 0.15) is 5.41 Å². The van der Waals surface area contributed by atoms with Gasteiger partial charge in [-0.2, -0.15) is 5.26 Å². The molecule has 1 unspecified atom stereocenters. The number of imidazole rings is 1. The molecule has 0 bridgehead atoms. The van der Waals surface area contributed by atoms with Crippen LogP contribution in [0.15, 0.2) is 65.5 Å². The average Bonchev–Trinajstić information content (AvgIpc) is 3.07. The van der Waals surface area contributed by atoms with Crippen LogP contribution in [-0.4, -0.2) is 9.97 Å². The average molecular weight is 366 g/mol. The molecule has 1 aromatic heterocycles. The molecule has 1 heterocycles. The number of aromatic amines is 1. The molecule has 0 spiro atoms. The number of hydrogen-bond acceptors (Lipinski definition) is 2. The molecule has 0 aliphatic carbocycles. The Morgan fingerprint density at radius 1 is 1.09 bits per heavy atom. The first-order valence-electron chi connectivity index (χ1n) is 7.36. The molecular weight excluding hydrogens is 350 g/mol. The Kier molecular flexibility index (Phi) is 4.31. The smallest absolute Gasteiger partial charge is 0.113 e. The molecule has 23 heavy (non-hydrogen) atoms. The highest BCUT2D eigenvalue weighted by Gasteiger charge is 2.35. The quantitative estimate of drug-likeness (QED) is 0.737. The van der Waals surface area contributed by atoms with Crippen LogP contribution in [0.2, 0.25) is 0 Å². The van der Waals surface area contributed by atoms with Crippen molar-refractivity contribution < 1.29 is 0 Å². The number of aromatic nitrogens is 2. The molecule has 0 radical (unpaired) electrons. The van der Waals surface area contributed by atoms with E-state index in [-0.39, 0.29) is 0 Å². The summed E-state index contributed by atoms with van der Waals surface area (Å²) in [4.78, 5) is 7.29. The van der Waals surface area contributed by atoms with E-state index in [0.717, 1.165) is 21.3 Å². The third-order valence-electron chi connectivity index (χ3n) is 4.07. The van der Waals surface area contributed by atoms with E-state index >= 15 is 0 Å². The molecule has 0 saturated heterocycles. The number of benzene rings is 2. The third kappa shape index (κ3) is 3.06. The van der Waals surface area contributed by atoms with E-state index in [2.05, 4.69) is 32.0 Å². The molecule has 4 heteroatoms. The maximum Gasteiger partial charge on any atom is 0.113 e. The monoisotopic (exact) mass is 365 g/mol. The van der Waals surface area contributed by atoms with Crippen LogP contribution in [0.3, 0.4) is 0 Å². The maximum atomic E-state index is 10.1. The van der Waals surface area contributed by atoms with Crippen molar-refractivity contribution >= 4 is 15.9 Å². The second-order valence-corrected chi connectivity index (χ2v) is 6.54. The molecule has 3 aromatic rings. The highest BCUT2D eigenvalue weighted by molar-refractivity contribution is 9.10. The van der Waals surface area contributed by atoms with Crippen LogP contribution in [0.4, 0.5) is 0 Å². The highest BCUT2D eigenvalue weighted by Crippen LogP contribution is 2.35. The van der Waals surface area contributed by atoms with Gasteiger partial charge in [0.15, 0.2) is 0 Å². The number of aryl methyl sites for hydroxylation is 1. The van der Waals surface area contributed by atoms with Crippen molar-refractivity contribution in [1.29, 1.82) is 5.26 Å². The lowest BCUT2D eigenvalue weighted by Crippen LogP contribution is -2.29. The number of halogens is 1. The van der Waals surface area contributed by atoms with Crippen molar-refractivity contribution in [2.75, 3.05) is 0 Å². The number of nitrogens with zero attached hydrogens (tertiary/aromatic N) is 2. The Morgan fingerprint density at radius 3 is 2.22 bits per heavy atom. The summed E-state index contributed by atoms with van der Waals surface area (Å²) in [7, 11) is 0. The van der Waals surface area contributed by atoms with Crippen LogP contribution in [0.1, 0.15) is 22.4 Å². The Hall–Kier alpha value is -2.38. The Balaban J connectivity index is 2.16. The second kappa shape index (κ2) is 6.39. The van der Waals surface area contributed by atoms with Crippen molar-refractivity contribution in [3.05, 3.63) is 87.9 Å². The summed E-state index contributed by atoms with van der Waals surface area (Å²) in [5.74, 6) is 0. The van der Waals surface area contributed by atoms with Crippen molar-refractivity contribution in [3.8, 4) is 6.07 Å². The van der Waals surface area contributed by atoms with Gasteiger partial charge in [-0.1, -0.05) is 57.9 Å². The summed E-state index contributed by atoms with van der Waals surface area (Å²) in [6.07, 6.45) is 4.02. The van der Waals surface area contributed by atoms with Gasteiger partial charge < -0.3 is 4.98 Å². The Bertz CT molecular complexity index is 767. The van der Waals surface area contributed by atoms with E-state index in [4.69, 9.17) is 0 Å². The lowest BCUT2D eigenvalue weighted by molar-refractivity contribution is 0.643. The molecule has 3 rings (SSSR count). The molecule has 114 valence electrons. The van der Waals surface area contributed by atoms with Gasteiger partial charge in [0.25, 0.3) is 0 Å². The van der Waals surface area contributed by atoms with Crippen LogP contribution in [0, 0.1) is 18.3 Å². The molecular formula is C19H16BrN3. The minimum atomic E-state index is -0.760. The van der Waals surface area contributed by atoms with Gasteiger partial charge in [0.2, 0.25) is 0 Å². The van der Waals surface area contributed by atoms with E-state index in [1.54, 1.807) is 6.33 Å². The first kappa shape index (κ1) is 15.5. The predicted molar refractivity (Wildman–Crippen MR) is 94.0 cm³/mol. The summed E-state index contributed by atoms with van der Waals surface area (Å²) >= 11 is 3.46. The summed E-state index contributed by atoms with van der Waals surface area (Å²) in [6.45, 7) is 2.05. The Labute approximate surface area is 144 Å². The zero-order valence-electron chi connectivity index (χ0n) is 12.8. The topological polar surface area (TPSA) is 52.5 Å². The molecule has 0 aliphatic rings. The second-order valence-electron chi connectivity index (χ2n) is 5.63. The Morgan fingerprint density at radius 2 is 1.70 bits per heavy atom. The van der Waals surface area contributed by atoms with Crippen molar-refractivity contribution in [3.63, 3.8) is 0 Å². The number of nitrogens with one attached hydrogen (secondary N) is 1. The number of hydrogen-bond donors (Lipinski definition) is 1. The molecule has 2 aromatic carbocycles. The van der Waals surface area contributed by atoms with Crippen LogP contribution in [0.5, 0.6) is 0 Å². The van der Waals surface area contributed by atoms with Gasteiger partial charge >= 0.3 is 0 Å².